The Morgan fingerprint density at radius 3 is 2.25 bits per heavy atom. The lowest BCUT2D eigenvalue weighted by molar-refractivity contribution is 0.112. The molecule has 2 aromatic rings. The summed E-state index contributed by atoms with van der Waals surface area (Å²) in [7, 11) is 1.63. The van der Waals surface area contributed by atoms with Gasteiger partial charge in [-0.1, -0.05) is 6.07 Å². The van der Waals surface area contributed by atoms with Crippen LogP contribution in [0, 0.1) is 13.8 Å². The first kappa shape index (κ1) is 14.1. The summed E-state index contributed by atoms with van der Waals surface area (Å²) in [6, 6.07) is 11.3. The van der Waals surface area contributed by atoms with E-state index in [4.69, 9.17) is 9.47 Å². The zero-order chi connectivity index (χ0) is 14.5. The van der Waals surface area contributed by atoms with E-state index in [1.807, 2.05) is 50.2 Å². The highest BCUT2D eigenvalue weighted by Crippen LogP contribution is 2.20. The predicted octanol–water partition coefficient (Wildman–Crippen LogP) is 3.70. The van der Waals surface area contributed by atoms with Gasteiger partial charge in [0.15, 0.2) is 0 Å². The molecular weight excluding hydrogens is 252 g/mol. The fourth-order valence-electron chi connectivity index (χ4n) is 2.03. The molecule has 0 radical (unpaired) electrons. The molecule has 20 heavy (non-hydrogen) atoms. The smallest absolute Gasteiger partial charge is 0.150 e. The molecule has 0 saturated heterocycles. The predicted molar refractivity (Wildman–Crippen MR) is 78.6 cm³/mol. The van der Waals surface area contributed by atoms with Gasteiger partial charge in [-0.25, -0.2) is 0 Å². The number of hydrogen-bond acceptors (Lipinski definition) is 3. The molecule has 0 fully saturated rings. The van der Waals surface area contributed by atoms with Crippen molar-refractivity contribution in [3.05, 3.63) is 58.7 Å². The highest BCUT2D eigenvalue weighted by atomic mass is 16.5. The van der Waals surface area contributed by atoms with Gasteiger partial charge in [0.2, 0.25) is 0 Å². The molecule has 0 bridgehead atoms. The molecule has 0 unspecified atom stereocenters. The Morgan fingerprint density at radius 2 is 1.65 bits per heavy atom. The van der Waals surface area contributed by atoms with Gasteiger partial charge in [0.25, 0.3) is 0 Å². The monoisotopic (exact) mass is 270 g/mol. The number of methoxy groups -OCH3 is 1. The summed E-state index contributed by atoms with van der Waals surface area (Å²) in [4.78, 5) is 11.0. The first-order valence-corrected chi connectivity index (χ1v) is 6.46. The molecule has 0 aliphatic carbocycles. The summed E-state index contributed by atoms with van der Waals surface area (Å²) >= 11 is 0. The van der Waals surface area contributed by atoms with Crippen molar-refractivity contribution in [1.82, 2.24) is 0 Å². The summed E-state index contributed by atoms with van der Waals surface area (Å²) in [5.41, 5.74) is 3.85. The van der Waals surface area contributed by atoms with Crippen LogP contribution in [0.5, 0.6) is 11.5 Å². The largest absolute Gasteiger partial charge is 0.497 e. The fraction of sp³-hybridized carbons (Fsp3) is 0.235. The van der Waals surface area contributed by atoms with Crippen molar-refractivity contribution < 1.29 is 14.3 Å². The minimum atomic E-state index is 0.444. The summed E-state index contributed by atoms with van der Waals surface area (Å²) in [6.07, 6.45) is 0.881. The average Bonchev–Trinajstić information content (AvgIpc) is 2.47. The van der Waals surface area contributed by atoms with Crippen LogP contribution in [0.4, 0.5) is 0 Å². The number of rotatable bonds is 5. The lowest BCUT2D eigenvalue weighted by Gasteiger charge is -2.11. The van der Waals surface area contributed by atoms with Crippen LogP contribution in [0.1, 0.15) is 27.0 Å². The van der Waals surface area contributed by atoms with Gasteiger partial charge >= 0.3 is 0 Å². The fourth-order valence-corrected chi connectivity index (χ4v) is 2.03. The Hall–Kier alpha value is -2.29. The molecule has 0 aromatic heterocycles. The molecule has 0 amide bonds. The van der Waals surface area contributed by atoms with E-state index in [1.165, 1.54) is 0 Å². The van der Waals surface area contributed by atoms with Crippen molar-refractivity contribution in [1.29, 1.82) is 0 Å². The minimum absolute atomic E-state index is 0.444. The van der Waals surface area contributed by atoms with Gasteiger partial charge < -0.3 is 9.47 Å². The quantitative estimate of drug-likeness (QED) is 0.777. The van der Waals surface area contributed by atoms with Crippen LogP contribution in [0.2, 0.25) is 0 Å². The SMILES string of the molecule is COc1ccc(OCc2cc(C=O)c(C)cc2C)cc1. The maximum atomic E-state index is 11.0. The highest BCUT2D eigenvalue weighted by Gasteiger charge is 2.05. The lowest BCUT2D eigenvalue weighted by atomic mass is 10.0. The standard InChI is InChI=1S/C17H18O3/c1-12-8-13(2)15(9-14(12)10-18)11-20-17-6-4-16(19-3)5-7-17/h4-10H,11H2,1-3H3. The van der Waals surface area contributed by atoms with Crippen molar-refractivity contribution in [2.24, 2.45) is 0 Å². The number of benzene rings is 2. The summed E-state index contributed by atoms with van der Waals surface area (Å²) in [5, 5.41) is 0. The van der Waals surface area contributed by atoms with E-state index in [2.05, 4.69) is 0 Å². The molecular formula is C17H18O3. The second-order valence-electron chi connectivity index (χ2n) is 4.72. The molecule has 0 atom stereocenters. The molecule has 3 heteroatoms. The van der Waals surface area contributed by atoms with Gasteiger partial charge in [-0.2, -0.15) is 0 Å². The van der Waals surface area contributed by atoms with Crippen molar-refractivity contribution in [3.8, 4) is 11.5 Å². The Labute approximate surface area is 119 Å². The minimum Gasteiger partial charge on any atom is -0.497 e. The molecule has 2 rings (SSSR count). The summed E-state index contributed by atoms with van der Waals surface area (Å²) in [5.74, 6) is 1.57. The average molecular weight is 270 g/mol. The Bertz CT molecular complexity index is 600. The summed E-state index contributed by atoms with van der Waals surface area (Å²) < 4.78 is 10.8. The van der Waals surface area contributed by atoms with Crippen LogP contribution in [0.3, 0.4) is 0 Å². The van der Waals surface area contributed by atoms with E-state index in [9.17, 15) is 4.79 Å². The molecule has 2 aromatic carbocycles. The molecule has 0 aliphatic heterocycles. The zero-order valence-corrected chi connectivity index (χ0v) is 12.0. The normalized spacial score (nSPS) is 10.2. The second kappa shape index (κ2) is 6.24. The number of ether oxygens (including phenoxy) is 2. The molecule has 0 aliphatic rings. The lowest BCUT2D eigenvalue weighted by Crippen LogP contribution is -2.00. The van der Waals surface area contributed by atoms with Gasteiger partial charge in [-0.05, 0) is 60.9 Å². The van der Waals surface area contributed by atoms with Crippen LogP contribution >= 0.6 is 0 Å². The van der Waals surface area contributed by atoms with E-state index in [-0.39, 0.29) is 0 Å². The van der Waals surface area contributed by atoms with Gasteiger partial charge in [-0.15, -0.1) is 0 Å². The first-order valence-electron chi connectivity index (χ1n) is 6.46. The third-order valence-corrected chi connectivity index (χ3v) is 3.31. The van der Waals surface area contributed by atoms with Crippen molar-refractivity contribution in [2.45, 2.75) is 20.5 Å². The number of carbonyl (C=O) groups excluding carboxylic acids is 1. The van der Waals surface area contributed by atoms with E-state index < -0.39 is 0 Å². The number of hydrogen-bond donors (Lipinski definition) is 0. The van der Waals surface area contributed by atoms with Crippen molar-refractivity contribution in [2.75, 3.05) is 7.11 Å². The van der Waals surface area contributed by atoms with Crippen LogP contribution in [0.25, 0.3) is 0 Å². The zero-order valence-electron chi connectivity index (χ0n) is 12.0. The summed E-state index contributed by atoms with van der Waals surface area (Å²) in [6.45, 7) is 4.40. The highest BCUT2D eigenvalue weighted by molar-refractivity contribution is 5.77. The van der Waals surface area contributed by atoms with Crippen molar-refractivity contribution >= 4 is 6.29 Å². The van der Waals surface area contributed by atoms with E-state index in [0.717, 1.165) is 34.5 Å². The topological polar surface area (TPSA) is 35.5 Å². The molecule has 0 N–H and O–H groups in total. The van der Waals surface area contributed by atoms with Crippen molar-refractivity contribution in [3.63, 3.8) is 0 Å². The van der Waals surface area contributed by atoms with Crippen LogP contribution < -0.4 is 9.47 Å². The molecule has 0 saturated carbocycles. The number of aldehydes is 1. The molecule has 0 heterocycles. The third-order valence-electron chi connectivity index (χ3n) is 3.31. The van der Waals surface area contributed by atoms with Gasteiger partial charge in [-0.3, -0.25) is 4.79 Å². The molecule has 3 nitrogen and oxygen atoms in total. The third kappa shape index (κ3) is 3.18. The van der Waals surface area contributed by atoms with Gasteiger partial charge in [0.05, 0.1) is 7.11 Å². The van der Waals surface area contributed by atoms with E-state index in [1.54, 1.807) is 7.11 Å². The van der Waals surface area contributed by atoms with Crippen LogP contribution in [-0.2, 0) is 6.61 Å². The van der Waals surface area contributed by atoms with Gasteiger partial charge in [0.1, 0.15) is 24.4 Å². The Morgan fingerprint density at radius 1 is 1.00 bits per heavy atom. The van der Waals surface area contributed by atoms with Crippen LogP contribution in [-0.4, -0.2) is 13.4 Å². The number of aryl methyl sites for hydroxylation is 2. The first-order chi connectivity index (χ1) is 9.63. The second-order valence-corrected chi connectivity index (χ2v) is 4.72. The van der Waals surface area contributed by atoms with E-state index in [0.29, 0.717) is 12.2 Å². The number of carbonyl (C=O) groups is 1. The maximum Gasteiger partial charge on any atom is 0.150 e. The molecule has 0 spiro atoms. The van der Waals surface area contributed by atoms with Gasteiger partial charge in [0, 0.05) is 5.56 Å². The van der Waals surface area contributed by atoms with E-state index >= 15 is 0 Å². The Kier molecular flexibility index (Phi) is 4.41. The van der Waals surface area contributed by atoms with Crippen LogP contribution in [0.15, 0.2) is 36.4 Å². The maximum absolute atomic E-state index is 11.0. The Balaban J connectivity index is 2.11. The molecule has 104 valence electrons.